The Labute approximate surface area is 113 Å². The second-order valence-electron chi connectivity index (χ2n) is 4.47. The molecule has 1 aromatic rings. The summed E-state index contributed by atoms with van der Waals surface area (Å²) in [5, 5.41) is 1.67. The van der Waals surface area contributed by atoms with E-state index < -0.39 is 10.0 Å². The third-order valence-electron chi connectivity index (χ3n) is 2.86. The van der Waals surface area contributed by atoms with Gasteiger partial charge in [0, 0.05) is 19.6 Å². The minimum Gasteiger partial charge on any atom is -0.379 e. The molecule has 7 heteroatoms. The van der Waals surface area contributed by atoms with Crippen LogP contribution in [0.5, 0.6) is 0 Å². The minimum atomic E-state index is -3.38. The molecule has 0 aromatic heterocycles. The molecule has 0 bridgehead atoms. The number of nitrogens with one attached hydrogen (secondary N) is 1. The lowest BCUT2D eigenvalue weighted by atomic mass is 10.1. The van der Waals surface area contributed by atoms with Gasteiger partial charge in [-0.1, -0.05) is 24.3 Å². The smallest absolute Gasteiger partial charge is 0.228 e. The lowest BCUT2D eigenvalue weighted by Gasteiger charge is -2.26. The standard InChI is InChI=1S/C12H19N3O3S/c13-9-11-2-1-3-12(8-11)10-19(16,17)14-15-4-6-18-7-5-15/h1-3,8,14H,4-7,9-10,13H2. The average Bonchev–Trinajstić information content (AvgIpc) is 2.39. The highest BCUT2D eigenvalue weighted by Gasteiger charge is 2.18. The zero-order valence-corrected chi connectivity index (χ0v) is 11.5. The van der Waals surface area contributed by atoms with E-state index in [2.05, 4.69) is 4.83 Å². The number of ether oxygens (including phenoxy) is 1. The maximum absolute atomic E-state index is 12.0. The molecule has 0 spiro atoms. The van der Waals surface area contributed by atoms with Crippen LogP contribution in [0.4, 0.5) is 0 Å². The molecule has 1 saturated heterocycles. The molecule has 3 N–H and O–H groups in total. The topological polar surface area (TPSA) is 84.7 Å². The van der Waals surface area contributed by atoms with E-state index in [9.17, 15) is 8.42 Å². The van der Waals surface area contributed by atoms with Crippen LogP contribution in [0.2, 0.25) is 0 Å². The van der Waals surface area contributed by atoms with Crippen molar-refractivity contribution < 1.29 is 13.2 Å². The van der Waals surface area contributed by atoms with Crippen LogP contribution < -0.4 is 10.6 Å². The number of benzene rings is 1. The summed E-state index contributed by atoms with van der Waals surface area (Å²) in [5.74, 6) is -0.0435. The molecule has 19 heavy (non-hydrogen) atoms. The van der Waals surface area contributed by atoms with Crippen LogP contribution in [0, 0.1) is 0 Å². The number of hydrazine groups is 1. The Kier molecular flexibility index (Phi) is 4.89. The lowest BCUT2D eigenvalue weighted by Crippen LogP contribution is -2.48. The van der Waals surface area contributed by atoms with Crippen molar-refractivity contribution in [1.82, 2.24) is 9.84 Å². The summed E-state index contributed by atoms with van der Waals surface area (Å²) in [6.07, 6.45) is 0. The Balaban J connectivity index is 1.99. The van der Waals surface area contributed by atoms with E-state index in [-0.39, 0.29) is 5.75 Å². The van der Waals surface area contributed by atoms with E-state index in [1.54, 1.807) is 11.1 Å². The molecule has 0 saturated carbocycles. The SMILES string of the molecule is NCc1cccc(CS(=O)(=O)NN2CCOCC2)c1. The fraction of sp³-hybridized carbons (Fsp3) is 0.500. The quantitative estimate of drug-likeness (QED) is 0.783. The van der Waals surface area contributed by atoms with Gasteiger partial charge in [0.15, 0.2) is 0 Å². The van der Waals surface area contributed by atoms with E-state index in [4.69, 9.17) is 10.5 Å². The highest BCUT2D eigenvalue weighted by atomic mass is 32.2. The van der Waals surface area contributed by atoms with E-state index in [0.29, 0.717) is 32.8 Å². The molecule has 1 aromatic carbocycles. The summed E-state index contributed by atoms with van der Waals surface area (Å²) in [6.45, 7) is 2.64. The zero-order valence-electron chi connectivity index (χ0n) is 10.7. The van der Waals surface area contributed by atoms with Gasteiger partial charge >= 0.3 is 0 Å². The van der Waals surface area contributed by atoms with Gasteiger partial charge < -0.3 is 10.5 Å². The largest absolute Gasteiger partial charge is 0.379 e. The number of sulfonamides is 1. The van der Waals surface area contributed by atoms with Gasteiger partial charge in [-0.2, -0.15) is 0 Å². The van der Waals surface area contributed by atoms with Gasteiger partial charge in [0.25, 0.3) is 0 Å². The first-order valence-corrected chi connectivity index (χ1v) is 7.85. The molecule has 0 radical (unpaired) electrons. The molecule has 1 heterocycles. The molecule has 0 unspecified atom stereocenters. The predicted octanol–water partition coefficient (Wildman–Crippen LogP) is -0.188. The van der Waals surface area contributed by atoms with Gasteiger partial charge in [0.1, 0.15) is 0 Å². The molecule has 1 aliphatic heterocycles. The van der Waals surface area contributed by atoms with Crippen LogP contribution in [0.25, 0.3) is 0 Å². The average molecular weight is 285 g/mol. The fourth-order valence-corrected chi connectivity index (χ4v) is 3.21. The van der Waals surface area contributed by atoms with Crippen molar-refractivity contribution in [1.29, 1.82) is 0 Å². The fourth-order valence-electron chi connectivity index (χ4n) is 1.95. The molecular formula is C12H19N3O3S. The van der Waals surface area contributed by atoms with Gasteiger partial charge in [-0.25, -0.2) is 13.4 Å². The summed E-state index contributed by atoms with van der Waals surface area (Å²) in [4.78, 5) is 2.58. The molecule has 1 aliphatic rings. The van der Waals surface area contributed by atoms with Crippen LogP contribution in [-0.2, 0) is 27.1 Å². The maximum atomic E-state index is 12.0. The molecule has 6 nitrogen and oxygen atoms in total. The first-order chi connectivity index (χ1) is 9.09. The molecule has 0 amide bonds. The summed E-state index contributed by atoms with van der Waals surface area (Å²) in [5.41, 5.74) is 7.21. The highest BCUT2D eigenvalue weighted by molar-refractivity contribution is 7.88. The normalized spacial score (nSPS) is 17.5. The number of hydrogen-bond donors (Lipinski definition) is 2. The monoisotopic (exact) mass is 285 g/mol. The minimum absolute atomic E-state index is 0.0435. The van der Waals surface area contributed by atoms with Crippen LogP contribution in [0.15, 0.2) is 24.3 Å². The van der Waals surface area contributed by atoms with Crippen molar-refractivity contribution >= 4 is 10.0 Å². The van der Waals surface area contributed by atoms with Gasteiger partial charge in [-0.05, 0) is 11.1 Å². The van der Waals surface area contributed by atoms with Crippen molar-refractivity contribution in [3.05, 3.63) is 35.4 Å². The predicted molar refractivity (Wildman–Crippen MR) is 72.5 cm³/mol. The second-order valence-corrected chi connectivity index (χ2v) is 6.17. The van der Waals surface area contributed by atoms with E-state index in [1.165, 1.54) is 0 Å². The van der Waals surface area contributed by atoms with Crippen LogP contribution in [0.1, 0.15) is 11.1 Å². The lowest BCUT2D eigenvalue weighted by molar-refractivity contribution is 0.0272. The number of rotatable bonds is 5. The Bertz CT molecular complexity index is 513. The van der Waals surface area contributed by atoms with Crippen LogP contribution in [0.3, 0.4) is 0 Å². The van der Waals surface area contributed by atoms with Gasteiger partial charge in [-0.3, -0.25) is 0 Å². The van der Waals surface area contributed by atoms with Crippen molar-refractivity contribution in [3.8, 4) is 0 Å². The summed E-state index contributed by atoms with van der Waals surface area (Å²) in [6, 6.07) is 7.31. The second kappa shape index (κ2) is 6.44. The molecular weight excluding hydrogens is 266 g/mol. The third-order valence-corrected chi connectivity index (χ3v) is 4.11. The molecule has 106 valence electrons. The molecule has 1 fully saturated rings. The first kappa shape index (κ1) is 14.4. The maximum Gasteiger partial charge on any atom is 0.228 e. The summed E-state index contributed by atoms with van der Waals surface area (Å²) >= 11 is 0. The Morgan fingerprint density at radius 2 is 1.95 bits per heavy atom. The summed E-state index contributed by atoms with van der Waals surface area (Å²) < 4.78 is 29.3. The first-order valence-electron chi connectivity index (χ1n) is 6.20. The van der Waals surface area contributed by atoms with E-state index in [0.717, 1.165) is 11.1 Å². The van der Waals surface area contributed by atoms with Crippen LogP contribution in [-0.4, -0.2) is 39.7 Å². The third kappa shape index (κ3) is 4.55. The number of morpholine rings is 1. The van der Waals surface area contributed by atoms with Crippen molar-refractivity contribution in [2.45, 2.75) is 12.3 Å². The molecule has 0 atom stereocenters. The van der Waals surface area contributed by atoms with Crippen LogP contribution >= 0.6 is 0 Å². The number of nitrogens with two attached hydrogens (primary N) is 1. The van der Waals surface area contributed by atoms with Crippen molar-refractivity contribution in [3.63, 3.8) is 0 Å². The Morgan fingerprint density at radius 1 is 1.26 bits per heavy atom. The van der Waals surface area contributed by atoms with E-state index in [1.807, 2.05) is 18.2 Å². The molecule has 0 aliphatic carbocycles. The van der Waals surface area contributed by atoms with Crippen molar-refractivity contribution in [2.75, 3.05) is 26.3 Å². The van der Waals surface area contributed by atoms with Gasteiger partial charge in [0.2, 0.25) is 10.0 Å². The molecule has 2 rings (SSSR count). The Hall–Kier alpha value is -0.990. The Morgan fingerprint density at radius 3 is 2.63 bits per heavy atom. The van der Waals surface area contributed by atoms with E-state index >= 15 is 0 Å². The highest BCUT2D eigenvalue weighted by Crippen LogP contribution is 2.09. The number of nitrogens with zero attached hydrogens (tertiary/aromatic N) is 1. The number of hydrogen-bond acceptors (Lipinski definition) is 5. The van der Waals surface area contributed by atoms with Gasteiger partial charge in [0.05, 0.1) is 19.0 Å². The summed E-state index contributed by atoms with van der Waals surface area (Å²) in [7, 11) is -3.38. The zero-order chi connectivity index (χ0) is 13.7. The van der Waals surface area contributed by atoms with Crippen molar-refractivity contribution in [2.24, 2.45) is 5.73 Å². The van der Waals surface area contributed by atoms with Gasteiger partial charge in [-0.15, -0.1) is 4.83 Å².